The first-order chi connectivity index (χ1) is 17.4. The van der Waals surface area contributed by atoms with Crippen LogP contribution < -0.4 is 0 Å². The molecule has 0 unspecified atom stereocenters. The summed E-state index contributed by atoms with van der Waals surface area (Å²) in [7, 11) is 0. The Balaban J connectivity index is 1.40. The van der Waals surface area contributed by atoms with Crippen LogP contribution in [0.3, 0.4) is 0 Å². The van der Waals surface area contributed by atoms with Crippen molar-refractivity contribution in [3.8, 4) is 0 Å². The lowest BCUT2D eigenvalue weighted by Gasteiger charge is -2.29. The van der Waals surface area contributed by atoms with Gasteiger partial charge in [-0.1, -0.05) is 30.3 Å². The van der Waals surface area contributed by atoms with E-state index in [2.05, 4.69) is 4.98 Å². The van der Waals surface area contributed by atoms with E-state index in [0.29, 0.717) is 30.6 Å². The van der Waals surface area contributed by atoms with E-state index in [9.17, 15) is 23.2 Å². The van der Waals surface area contributed by atoms with Crippen molar-refractivity contribution in [2.24, 2.45) is 0 Å². The first-order valence-electron chi connectivity index (χ1n) is 11.9. The van der Waals surface area contributed by atoms with Gasteiger partial charge in [-0.2, -0.15) is 0 Å². The number of nitrogens with zero attached hydrogens (tertiary/aromatic N) is 3. The monoisotopic (exact) mass is 489 g/mol. The van der Waals surface area contributed by atoms with E-state index in [4.69, 9.17) is 0 Å². The Morgan fingerprint density at radius 2 is 1.83 bits per heavy atom. The van der Waals surface area contributed by atoms with Crippen molar-refractivity contribution in [1.29, 1.82) is 0 Å². The third-order valence-electron chi connectivity index (χ3n) is 7.18. The van der Waals surface area contributed by atoms with Crippen LogP contribution in [-0.4, -0.2) is 45.6 Å². The van der Waals surface area contributed by atoms with Gasteiger partial charge in [0.25, 0.3) is 0 Å². The molecule has 3 amide bonds. The van der Waals surface area contributed by atoms with Crippen LogP contribution >= 0.6 is 0 Å². The number of pyridine rings is 1. The molecule has 3 heterocycles. The molecule has 3 aromatic rings. The summed E-state index contributed by atoms with van der Waals surface area (Å²) in [5, 5.41) is 0. The van der Waals surface area contributed by atoms with Crippen LogP contribution in [0, 0.1) is 11.6 Å². The van der Waals surface area contributed by atoms with Crippen LogP contribution in [0.15, 0.2) is 73.1 Å². The Hall–Kier alpha value is -3.94. The molecule has 184 valence electrons. The normalized spacial score (nSPS) is 21.9. The summed E-state index contributed by atoms with van der Waals surface area (Å²) in [5.74, 6) is -1.99. The van der Waals surface area contributed by atoms with Crippen LogP contribution in [0.4, 0.5) is 8.78 Å². The molecule has 6 nitrogen and oxygen atoms in total. The van der Waals surface area contributed by atoms with Crippen molar-refractivity contribution in [3.63, 3.8) is 0 Å². The van der Waals surface area contributed by atoms with E-state index in [1.807, 2.05) is 0 Å². The molecule has 0 radical (unpaired) electrons. The number of likely N-dealkylation sites (tertiary alicyclic amines) is 2. The number of hydrogen-bond acceptors (Lipinski definition) is 4. The van der Waals surface area contributed by atoms with E-state index in [-0.39, 0.29) is 37.0 Å². The van der Waals surface area contributed by atoms with Gasteiger partial charge < -0.3 is 4.90 Å². The molecule has 0 saturated carbocycles. The lowest BCUT2D eigenvalue weighted by molar-refractivity contribution is -0.143. The molecular weight excluding hydrogens is 464 g/mol. The third-order valence-corrected chi connectivity index (χ3v) is 7.18. The van der Waals surface area contributed by atoms with Gasteiger partial charge in [-0.3, -0.25) is 24.3 Å². The summed E-state index contributed by atoms with van der Waals surface area (Å²) >= 11 is 0. The highest BCUT2D eigenvalue weighted by Crippen LogP contribution is 2.42. The van der Waals surface area contributed by atoms with Crippen molar-refractivity contribution < 1.29 is 23.2 Å². The molecule has 2 saturated heterocycles. The topological polar surface area (TPSA) is 70.6 Å². The van der Waals surface area contributed by atoms with E-state index in [1.165, 1.54) is 30.3 Å². The van der Waals surface area contributed by atoms with E-state index in [0.717, 1.165) is 10.5 Å². The number of benzene rings is 2. The standard InChI is InChI=1S/C28H25F2N3O3/c29-23-8-6-20(7-9-23)21-10-12-32(18-21)25(34)14-28(22-4-1-5-24(30)13-22)15-26(35)33(27(28)36)17-19-3-2-11-31-16-19/h1-9,11,13,16,21H,10,12,14-15,17-18H2/t21-,28-/m1/s1. The third kappa shape index (κ3) is 4.51. The lowest BCUT2D eigenvalue weighted by Crippen LogP contribution is -2.43. The average molecular weight is 490 g/mol. The highest BCUT2D eigenvalue weighted by molar-refractivity contribution is 6.10. The predicted molar refractivity (Wildman–Crippen MR) is 127 cm³/mol. The molecule has 0 N–H and O–H groups in total. The maximum absolute atomic E-state index is 14.2. The maximum Gasteiger partial charge on any atom is 0.241 e. The molecule has 0 bridgehead atoms. The molecule has 5 rings (SSSR count). The number of carbonyl (C=O) groups excluding carboxylic acids is 3. The van der Waals surface area contributed by atoms with E-state index >= 15 is 0 Å². The van der Waals surface area contributed by atoms with Crippen molar-refractivity contribution in [3.05, 3.63) is 101 Å². The minimum atomic E-state index is -1.48. The van der Waals surface area contributed by atoms with Crippen molar-refractivity contribution in [1.82, 2.24) is 14.8 Å². The summed E-state index contributed by atoms with van der Waals surface area (Å²) in [6.45, 7) is 0.958. The zero-order valence-electron chi connectivity index (χ0n) is 19.6. The Morgan fingerprint density at radius 3 is 2.56 bits per heavy atom. The molecule has 2 aromatic carbocycles. The van der Waals surface area contributed by atoms with Crippen LogP contribution in [0.5, 0.6) is 0 Å². The lowest BCUT2D eigenvalue weighted by atomic mass is 9.75. The van der Waals surface area contributed by atoms with Crippen LogP contribution in [0.1, 0.15) is 41.9 Å². The van der Waals surface area contributed by atoms with Gasteiger partial charge in [0, 0.05) is 44.2 Å². The first-order valence-corrected chi connectivity index (χ1v) is 11.9. The quantitative estimate of drug-likeness (QED) is 0.492. The molecule has 2 aliphatic heterocycles. The van der Waals surface area contributed by atoms with Gasteiger partial charge in [0.1, 0.15) is 11.6 Å². The second-order valence-electron chi connectivity index (χ2n) is 9.47. The Kier molecular flexibility index (Phi) is 6.35. The molecule has 2 aliphatic rings. The molecule has 0 spiro atoms. The van der Waals surface area contributed by atoms with E-state index < -0.39 is 23.0 Å². The minimum Gasteiger partial charge on any atom is -0.342 e. The van der Waals surface area contributed by atoms with Gasteiger partial charge in [-0.15, -0.1) is 0 Å². The number of halogens is 2. The van der Waals surface area contributed by atoms with Gasteiger partial charge >= 0.3 is 0 Å². The summed E-state index contributed by atoms with van der Waals surface area (Å²) in [4.78, 5) is 47.2. The van der Waals surface area contributed by atoms with Crippen LogP contribution in [0.2, 0.25) is 0 Å². The molecular formula is C28H25F2N3O3. The van der Waals surface area contributed by atoms with E-state index in [1.54, 1.807) is 47.6 Å². The molecule has 2 fully saturated rings. The number of imide groups is 1. The molecule has 36 heavy (non-hydrogen) atoms. The number of rotatable bonds is 6. The van der Waals surface area contributed by atoms with Gasteiger partial charge in [-0.25, -0.2) is 8.78 Å². The average Bonchev–Trinajstić information content (AvgIpc) is 3.46. The first kappa shape index (κ1) is 23.8. The Morgan fingerprint density at radius 1 is 1.03 bits per heavy atom. The summed E-state index contributed by atoms with van der Waals surface area (Å²) < 4.78 is 27.5. The zero-order valence-corrected chi connectivity index (χ0v) is 19.6. The van der Waals surface area contributed by atoms with Crippen LogP contribution in [-0.2, 0) is 26.3 Å². The number of aromatic nitrogens is 1. The summed E-state index contributed by atoms with van der Waals surface area (Å²) in [5.41, 5.74) is 0.465. The predicted octanol–water partition coefficient (Wildman–Crippen LogP) is 3.96. The number of carbonyl (C=O) groups is 3. The Labute approximate surface area is 207 Å². The molecule has 2 atom stereocenters. The second-order valence-corrected chi connectivity index (χ2v) is 9.47. The van der Waals surface area contributed by atoms with Gasteiger partial charge in [-0.05, 0) is 53.4 Å². The summed E-state index contributed by atoms with van der Waals surface area (Å²) in [6.07, 6.45) is 3.44. The highest BCUT2D eigenvalue weighted by Gasteiger charge is 2.54. The Bertz CT molecular complexity index is 1300. The fourth-order valence-electron chi connectivity index (χ4n) is 5.25. The number of hydrogen-bond donors (Lipinski definition) is 0. The summed E-state index contributed by atoms with van der Waals surface area (Å²) in [6, 6.07) is 15.3. The molecule has 0 aliphatic carbocycles. The van der Waals surface area contributed by atoms with Gasteiger partial charge in [0.2, 0.25) is 17.7 Å². The van der Waals surface area contributed by atoms with Gasteiger partial charge in [0.05, 0.1) is 12.0 Å². The fourth-order valence-corrected chi connectivity index (χ4v) is 5.25. The SMILES string of the molecule is O=C(C[C@]1(c2cccc(F)c2)CC(=O)N(Cc2cccnc2)C1=O)N1CC[C@@H](c2ccc(F)cc2)C1. The number of amides is 3. The van der Waals surface area contributed by atoms with Crippen LogP contribution in [0.25, 0.3) is 0 Å². The fraction of sp³-hybridized carbons (Fsp3) is 0.286. The van der Waals surface area contributed by atoms with Crippen molar-refractivity contribution in [2.45, 2.75) is 37.1 Å². The maximum atomic E-state index is 14.2. The zero-order chi connectivity index (χ0) is 25.3. The minimum absolute atomic E-state index is 0.0348. The van der Waals surface area contributed by atoms with Crippen molar-refractivity contribution in [2.75, 3.05) is 13.1 Å². The molecule has 8 heteroatoms. The van der Waals surface area contributed by atoms with Gasteiger partial charge in [0.15, 0.2) is 0 Å². The van der Waals surface area contributed by atoms with Crippen molar-refractivity contribution >= 4 is 17.7 Å². The second kappa shape index (κ2) is 9.60. The highest BCUT2D eigenvalue weighted by atomic mass is 19.1. The largest absolute Gasteiger partial charge is 0.342 e. The smallest absolute Gasteiger partial charge is 0.241 e. The molecule has 1 aromatic heterocycles.